The standard InChI is InChI=1S/C10H7ClFN3O2S/c11-9-5-10(14-6-13-9)15-18(16,17)8-3-1-7(12)2-4-8/h1-6H,(H,13,14,15). The Kier molecular flexibility index (Phi) is 3.44. The number of hydrogen-bond acceptors (Lipinski definition) is 4. The van der Waals surface area contributed by atoms with Crippen LogP contribution in [0.25, 0.3) is 0 Å². The van der Waals surface area contributed by atoms with Gasteiger partial charge >= 0.3 is 0 Å². The monoisotopic (exact) mass is 287 g/mol. The third kappa shape index (κ3) is 2.93. The zero-order chi connectivity index (χ0) is 13.2. The summed E-state index contributed by atoms with van der Waals surface area (Å²) in [5.41, 5.74) is 0. The lowest BCUT2D eigenvalue weighted by Gasteiger charge is -2.06. The van der Waals surface area contributed by atoms with Gasteiger partial charge < -0.3 is 0 Å². The number of aromatic nitrogens is 2. The maximum Gasteiger partial charge on any atom is 0.263 e. The van der Waals surface area contributed by atoms with E-state index in [0.29, 0.717) is 0 Å². The summed E-state index contributed by atoms with van der Waals surface area (Å²) in [4.78, 5) is 7.26. The van der Waals surface area contributed by atoms with Crippen LogP contribution in [-0.2, 0) is 10.0 Å². The van der Waals surface area contributed by atoms with Gasteiger partial charge in [0.05, 0.1) is 4.90 Å². The van der Waals surface area contributed by atoms with Crippen LogP contribution in [-0.4, -0.2) is 18.4 Å². The summed E-state index contributed by atoms with van der Waals surface area (Å²) in [5.74, 6) is -0.474. The average Bonchev–Trinajstić information content (AvgIpc) is 2.29. The number of hydrogen-bond donors (Lipinski definition) is 1. The highest BCUT2D eigenvalue weighted by atomic mass is 35.5. The molecule has 8 heteroatoms. The summed E-state index contributed by atoms with van der Waals surface area (Å²) < 4.78 is 38.7. The van der Waals surface area contributed by atoms with Gasteiger partial charge in [-0.05, 0) is 24.3 Å². The van der Waals surface area contributed by atoms with Crippen molar-refractivity contribution in [1.29, 1.82) is 0 Å². The number of anilines is 1. The molecule has 0 aliphatic rings. The summed E-state index contributed by atoms with van der Waals surface area (Å²) >= 11 is 5.60. The fraction of sp³-hybridized carbons (Fsp3) is 0. The van der Waals surface area contributed by atoms with Gasteiger partial charge in [-0.15, -0.1) is 0 Å². The Morgan fingerprint density at radius 3 is 2.44 bits per heavy atom. The van der Waals surface area contributed by atoms with Crippen molar-refractivity contribution in [2.45, 2.75) is 4.90 Å². The zero-order valence-electron chi connectivity index (χ0n) is 8.84. The number of halogens is 2. The maximum atomic E-state index is 12.7. The lowest BCUT2D eigenvalue weighted by atomic mass is 10.4. The van der Waals surface area contributed by atoms with E-state index in [2.05, 4.69) is 14.7 Å². The van der Waals surface area contributed by atoms with Crippen molar-refractivity contribution in [3.63, 3.8) is 0 Å². The maximum absolute atomic E-state index is 12.7. The van der Waals surface area contributed by atoms with Gasteiger partial charge in [0.1, 0.15) is 23.1 Å². The SMILES string of the molecule is O=S(=O)(Nc1cc(Cl)ncn1)c1ccc(F)cc1. The highest BCUT2D eigenvalue weighted by Crippen LogP contribution is 2.16. The molecule has 0 saturated heterocycles. The van der Waals surface area contributed by atoms with Gasteiger partial charge in [0.25, 0.3) is 10.0 Å². The molecule has 1 N–H and O–H groups in total. The van der Waals surface area contributed by atoms with Crippen LogP contribution >= 0.6 is 11.6 Å². The van der Waals surface area contributed by atoms with Crippen molar-refractivity contribution < 1.29 is 12.8 Å². The number of rotatable bonds is 3. The number of nitrogens with one attached hydrogen (secondary N) is 1. The smallest absolute Gasteiger partial charge is 0.263 e. The molecule has 0 radical (unpaired) electrons. The highest BCUT2D eigenvalue weighted by molar-refractivity contribution is 7.92. The molecular weight excluding hydrogens is 281 g/mol. The first kappa shape index (κ1) is 12.7. The van der Waals surface area contributed by atoms with Gasteiger partial charge in [-0.2, -0.15) is 0 Å². The predicted octanol–water partition coefficient (Wildman–Crippen LogP) is 2.07. The molecule has 0 fully saturated rings. The van der Waals surface area contributed by atoms with E-state index < -0.39 is 15.8 Å². The molecule has 1 aromatic carbocycles. The minimum atomic E-state index is -3.81. The van der Waals surface area contributed by atoms with Crippen molar-refractivity contribution in [2.24, 2.45) is 0 Å². The summed E-state index contributed by atoms with van der Waals surface area (Å²) in [6.45, 7) is 0. The van der Waals surface area contributed by atoms with E-state index in [1.165, 1.54) is 6.07 Å². The summed E-state index contributed by atoms with van der Waals surface area (Å²) in [7, 11) is -3.81. The fourth-order valence-electron chi connectivity index (χ4n) is 1.20. The molecule has 0 aliphatic carbocycles. The molecule has 0 aliphatic heterocycles. The second-order valence-corrected chi connectivity index (χ2v) is 5.36. The molecule has 2 aromatic rings. The molecule has 0 amide bonds. The normalized spacial score (nSPS) is 11.2. The van der Waals surface area contributed by atoms with E-state index in [9.17, 15) is 12.8 Å². The van der Waals surface area contributed by atoms with E-state index in [-0.39, 0.29) is 15.9 Å². The molecule has 1 heterocycles. The van der Waals surface area contributed by atoms with Crippen LogP contribution in [0.15, 0.2) is 41.6 Å². The number of benzene rings is 1. The molecule has 2 rings (SSSR count). The predicted molar refractivity (Wildman–Crippen MR) is 64.3 cm³/mol. The zero-order valence-corrected chi connectivity index (χ0v) is 10.4. The first-order valence-electron chi connectivity index (χ1n) is 4.73. The van der Waals surface area contributed by atoms with Gasteiger partial charge in [0.2, 0.25) is 0 Å². The summed E-state index contributed by atoms with van der Waals surface area (Å²) in [6.07, 6.45) is 1.13. The first-order chi connectivity index (χ1) is 8.47. The van der Waals surface area contributed by atoms with Crippen LogP contribution in [0.1, 0.15) is 0 Å². The Morgan fingerprint density at radius 2 is 1.83 bits per heavy atom. The fourth-order valence-corrected chi connectivity index (χ4v) is 2.35. The van der Waals surface area contributed by atoms with Gasteiger partial charge in [0.15, 0.2) is 0 Å². The molecule has 5 nitrogen and oxygen atoms in total. The van der Waals surface area contributed by atoms with Crippen molar-refractivity contribution in [1.82, 2.24) is 9.97 Å². The van der Waals surface area contributed by atoms with Crippen LogP contribution < -0.4 is 4.72 Å². The van der Waals surface area contributed by atoms with E-state index in [1.807, 2.05) is 0 Å². The van der Waals surface area contributed by atoms with E-state index >= 15 is 0 Å². The molecule has 18 heavy (non-hydrogen) atoms. The van der Waals surface area contributed by atoms with E-state index in [0.717, 1.165) is 30.6 Å². The molecular formula is C10H7ClFN3O2S. The van der Waals surface area contributed by atoms with E-state index in [4.69, 9.17) is 11.6 Å². The number of nitrogens with zero attached hydrogens (tertiary/aromatic N) is 2. The molecule has 0 spiro atoms. The van der Waals surface area contributed by atoms with E-state index in [1.54, 1.807) is 0 Å². The Labute approximate surface area is 108 Å². The first-order valence-corrected chi connectivity index (χ1v) is 6.59. The lowest BCUT2D eigenvalue weighted by Crippen LogP contribution is -2.14. The van der Waals surface area contributed by atoms with Crippen LogP contribution in [0, 0.1) is 5.82 Å². The second-order valence-electron chi connectivity index (χ2n) is 3.29. The van der Waals surface area contributed by atoms with Crippen LogP contribution in [0.4, 0.5) is 10.2 Å². The molecule has 0 saturated carbocycles. The summed E-state index contributed by atoms with van der Waals surface area (Å²) in [6, 6.07) is 5.69. The Bertz CT molecular complexity index is 661. The van der Waals surface area contributed by atoms with Crippen molar-refractivity contribution in [3.8, 4) is 0 Å². The molecule has 0 bridgehead atoms. The Hall–Kier alpha value is -1.73. The lowest BCUT2D eigenvalue weighted by molar-refractivity contribution is 0.599. The number of sulfonamides is 1. The van der Waals surface area contributed by atoms with Gasteiger partial charge in [0, 0.05) is 6.07 Å². The molecule has 94 valence electrons. The third-order valence-electron chi connectivity index (χ3n) is 2.00. The van der Waals surface area contributed by atoms with Gasteiger partial charge in [-0.3, -0.25) is 4.72 Å². The van der Waals surface area contributed by atoms with Gasteiger partial charge in [-0.1, -0.05) is 11.6 Å². The Morgan fingerprint density at radius 1 is 1.17 bits per heavy atom. The minimum Gasteiger partial charge on any atom is -0.263 e. The van der Waals surface area contributed by atoms with Gasteiger partial charge in [-0.25, -0.2) is 22.8 Å². The Balaban J connectivity index is 2.30. The average molecular weight is 288 g/mol. The van der Waals surface area contributed by atoms with Crippen LogP contribution in [0.2, 0.25) is 5.15 Å². The van der Waals surface area contributed by atoms with Crippen molar-refractivity contribution in [3.05, 3.63) is 47.6 Å². The highest BCUT2D eigenvalue weighted by Gasteiger charge is 2.14. The quantitative estimate of drug-likeness (QED) is 0.877. The van der Waals surface area contributed by atoms with Crippen LogP contribution in [0.5, 0.6) is 0 Å². The summed E-state index contributed by atoms with van der Waals surface area (Å²) in [5, 5.41) is 0.113. The van der Waals surface area contributed by atoms with Crippen molar-refractivity contribution >= 4 is 27.4 Å². The molecule has 0 unspecified atom stereocenters. The van der Waals surface area contributed by atoms with Crippen molar-refractivity contribution in [2.75, 3.05) is 4.72 Å². The molecule has 0 atom stereocenters. The second kappa shape index (κ2) is 4.87. The third-order valence-corrected chi connectivity index (χ3v) is 3.57. The minimum absolute atomic E-state index is 0.0410. The molecule has 1 aromatic heterocycles. The largest absolute Gasteiger partial charge is 0.263 e. The topological polar surface area (TPSA) is 72.0 Å². The van der Waals surface area contributed by atoms with Crippen LogP contribution in [0.3, 0.4) is 0 Å².